The van der Waals surface area contributed by atoms with Crippen LogP contribution in [-0.4, -0.2) is 35.6 Å². The van der Waals surface area contributed by atoms with Gasteiger partial charge in [0.05, 0.1) is 5.56 Å². The zero-order valence-electron chi connectivity index (χ0n) is 10.9. The molecule has 0 aliphatic rings. The summed E-state index contributed by atoms with van der Waals surface area (Å²) in [6, 6.07) is 4.59. The molecular formula is C13H18N2O3. The number of nitrogens with one attached hydrogen (secondary N) is 1. The number of rotatable bonds is 4. The quantitative estimate of drug-likeness (QED) is 0.862. The first-order valence-corrected chi connectivity index (χ1v) is 5.82. The lowest BCUT2D eigenvalue weighted by Crippen LogP contribution is -2.32. The summed E-state index contributed by atoms with van der Waals surface area (Å²) in [5, 5.41) is 11.7. The van der Waals surface area contributed by atoms with Crippen LogP contribution in [0.4, 0.5) is 10.5 Å². The lowest BCUT2D eigenvalue weighted by molar-refractivity contribution is 0.0696. The Kier molecular flexibility index (Phi) is 4.71. The van der Waals surface area contributed by atoms with Crippen LogP contribution in [0.2, 0.25) is 0 Å². The van der Waals surface area contributed by atoms with Crippen LogP contribution in [0.25, 0.3) is 0 Å². The van der Waals surface area contributed by atoms with Gasteiger partial charge in [-0.15, -0.1) is 0 Å². The summed E-state index contributed by atoms with van der Waals surface area (Å²) in [5.74, 6) is -0.995. The summed E-state index contributed by atoms with van der Waals surface area (Å²) < 4.78 is 0. The summed E-state index contributed by atoms with van der Waals surface area (Å²) in [6.45, 7) is 4.32. The van der Waals surface area contributed by atoms with Crippen molar-refractivity contribution < 1.29 is 14.7 Å². The molecule has 0 aliphatic carbocycles. The maximum absolute atomic E-state index is 11.8. The Hall–Kier alpha value is -2.04. The molecule has 0 atom stereocenters. The minimum absolute atomic E-state index is 0.200. The Balaban J connectivity index is 2.88. The fourth-order valence-corrected chi connectivity index (χ4v) is 1.65. The minimum atomic E-state index is -0.995. The van der Waals surface area contributed by atoms with Crippen molar-refractivity contribution >= 4 is 17.7 Å². The van der Waals surface area contributed by atoms with E-state index in [4.69, 9.17) is 5.11 Å². The number of urea groups is 1. The number of carbonyl (C=O) groups is 2. The molecule has 5 heteroatoms. The highest BCUT2D eigenvalue weighted by atomic mass is 16.4. The molecule has 0 bridgehead atoms. The van der Waals surface area contributed by atoms with Crippen LogP contribution in [0.15, 0.2) is 18.2 Å². The van der Waals surface area contributed by atoms with Gasteiger partial charge in [0.15, 0.2) is 0 Å². The van der Waals surface area contributed by atoms with Crippen LogP contribution < -0.4 is 5.32 Å². The molecule has 98 valence electrons. The van der Waals surface area contributed by atoms with E-state index in [0.29, 0.717) is 17.8 Å². The normalized spacial score (nSPS) is 9.94. The summed E-state index contributed by atoms with van der Waals surface area (Å²) in [5.41, 5.74) is 1.29. The van der Waals surface area contributed by atoms with Crippen LogP contribution in [0.5, 0.6) is 0 Å². The maximum atomic E-state index is 11.8. The second-order valence-corrected chi connectivity index (χ2v) is 4.13. The van der Waals surface area contributed by atoms with Gasteiger partial charge >= 0.3 is 12.0 Å². The molecule has 5 nitrogen and oxygen atoms in total. The van der Waals surface area contributed by atoms with E-state index in [0.717, 1.165) is 6.42 Å². The van der Waals surface area contributed by atoms with Crippen LogP contribution in [0.1, 0.15) is 29.3 Å². The molecule has 2 N–H and O–H groups in total. The van der Waals surface area contributed by atoms with E-state index in [1.807, 2.05) is 6.92 Å². The first kappa shape index (κ1) is 14.0. The highest BCUT2D eigenvalue weighted by Crippen LogP contribution is 2.19. The summed E-state index contributed by atoms with van der Waals surface area (Å²) in [6.07, 6.45) is 0.873. The SMILES string of the molecule is CCCN(C)C(=O)Nc1cccc(C(=O)O)c1C. The van der Waals surface area contributed by atoms with Crippen molar-refractivity contribution in [2.24, 2.45) is 0 Å². The predicted molar refractivity (Wildman–Crippen MR) is 70.1 cm³/mol. The van der Waals surface area contributed by atoms with Gasteiger partial charge in [-0.25, -0.2) is 9.59 Å². The van der Waals surface area contributed by atoms with Gasteiger partial charge in [0.2, 0.25) is 0 Å². The molecule has 0 unspecified atom stereocenters. The van der Waals surface area contributed by atoms with Gasteiger partial charge in [0, 0.05) is 19.3 Å². The van der Waals surface area contributed by atoms with Crippen LogP contribution in [-0.2, 0) is 0 Å². The third kappa shape index (κ3) is 3.23. The Morgan fingerprint density at radius 3 is 2.61 bits per heavy atom. The number of benzene rings is 1. The third-order valence-corrected chi connectivity index (χ3v) is 2.71. The lowest BCUT2D eigenvalue weighted by atomic mass is 10.1. The van der Waals surface area contributed by atoms with Crippen molar-refractivity contribution in [3.8, 4) is 0 Å². The van der Waals surface area contributed by atoms with Gasteiger partial charge in [-0.1, -0.05) is 13.0 Å². The highest BCUT2D eigenvalue weighted by molar-refractivity contribution is 5.95. The van der Waals surface area contributed by atoms with Crippen molar-refractivity contribution in [1.29, 1.82) is 0 Å². The van der Waals surface area contributed by atoms with E-state index >= 15 is 0 Å². The van der Waals surface area contributed by atoms with E-state index in [9.17, 15) is 9.59 Å². The largest absolute Gasteiger partial charge is 0.478 e. The average Bonchev–Trinajstić information content (AvgIpc) is 2.31. The number of hydrogen-bond donors (Lipinski definition) is 2. The Bertz CT molecular complexity index is 458. The van der Waals surface area contributed by atoms with Crippen LogP contribution >= 0.6 is 0 Å². The van der Waals surface area contributed by atoms with Crippen molar-refractivity contribution in [3.63, 3.8) is 0 Å². The monoisotopic (exact) mass is 250 g/mol. The lowest BCUT2D eigenvalue weighted by Gasteiger charge is -2.18. The molecule has 0 spiro atoms. The van der Waals surface area contributed by atoms with E-state index in [1.165, 1.54) is 6.07 Å². The zero-order valence-corrected chi connectivity index (χ0v) is 10.9. The van der Waals surface area contributed by atoms with Gasteiger partial charge in [-0.3, -0.25) is 0 Å². The number of anilines is 1. The first-order valence-electron chi connectivity index (χ1n) is 5.82. The Morgan fingerprint density at radius 1 is 1.39 bits per heavy atom. The van der Waals surface area contributed by atoms with Gasteiger partial charge in [-0.2, -0.15) is 0 Å². The second kappa shape index (κ2) is 6.05. The number of nitrogens with zero attached hydrogens (tertiary/aromatic N) is 1. The molecule has 0 aliphatic heterocycles. The van der Waals surface area contributed by atoms with Gasteiger partial charge in [0.1, 0.15) is 0 Å². The smallest absolute Gasteiger partial charge is 0.336 e. The molecule has 1 aromatic rings. The van der Waals surface area contributed by atoms with Crippen LogP contribution in [0, 0.1) is 6.92 Å². The standard InChI is InChI=1S/C13H18N2O3/c1-4-8-15(3)13(18)14-11-7-5-6-10(9(11)2)12(16)17/h5-7H,4,8H2,1-3H3,(H,14,18)(H,16,17). The first-order chi connectivity index (χ1) is 8.47. The van der Waals surface area contributed by atoms with Crippen molar-refractivity contribution in [1.82, 2.24) is 4.90 Å². The molecular weight excluding hydrogens is 232 g/mol. The Morgan fingerprint density at radius 2 is 2.06 bits per heavy atom. The van der Waals surface area contributed by atoms with Gasteiger partial charge in [0.25, 0.3) is 0 Å². The molecule has 0 radical (unpaired) electrons. The molecule has 0 saturated carbocycles. The molecule has 0 heterocycles. The number of aromatic carboxylic acids is 1. The van der Waals surface area contributed by atoms with E-state index in [2.05, 4.69) is 5.32 Å². The van der Waals surface area contributed by atoms with Crippen LogP contribution in [0.3, 0.4) is 0 Å². The number of hydrogen-bond acceptors (Lipinski definition) is 2. The fourth-order valence-electron chi connectivity index (χ4n) is 1.65. The molecule has 2 amide bonds. The molecule has 0 fully saturated rings. The van der Waals surface area contributed by atoms with E-state index < -0.39 is 5.97 Å². The molecule has 1 rings (SSSR count). The van der Waals surface area contributed by atoms with Crippen molar-refractivity contribution in [3.05, 3.63) is 29.3 Å². The number of carboxylic acids is 1. The summed E-state index contributed by atoms with van der Waals surface area (Å²) >= 11 is 0. The van der Waals surface area contributed by atoms with E-state index in [1.54, 1.807) is 31.0 Å². The third-order valence-electron chi connectivity index (χ3n) is 2.71. The highest BCUT2D eigenvalue weighted by Gasteiger charge is 2.13. The van der Waals surface area contributed by atoms with E-state index in [-0.39, 0.29) is 11.6 Å². The number of amides is 2. The zero-order chi connectivity index (χ0) is 13.7. The summed E-state index contributed by atoms with van der Waals surface area (Å²) in [7, 11) is 1.70. The maximum Gasteiger partial charge on any atom is 0.336 e. The van der Waals surface area contributed by atoms with Crippen molar-refractivity contribution in [2.75, 3.05) is 18.9 Å². The minimum Gasteiger partial charge on any atom is -0.478 e. The van der Waals surface area contributed by atoms with Gasteiger partial charge < -0.3 is 15.3 Å². The average molecular weight is 250 g/mol. The number of carbonyl (C=O) groups excluding carboxylic acids is 1. The van der Waals surface area contributed by atoms with Crippen molar-refractivity contribution in [2.45, 2.75) is 20.3 Å². The summed E-state index contributed by atoms with van der Waals surface area (Å²) in [4.78, 5) is 24.3. The Labute approximate surface area is 106 Å². The molecule has 1 aromatic carbocycles. The topological polar surface area (TPSA) is 69.6 Å². The predicted octanol–water partition coefficient (Wildman–Crippen LogP) is 2.57. The molecule has 18 heavy (non-hydrogen) atoms. The molecule has 0 saturated heterocycles. The number of carboxylic acid groups (broad SMARTS) is 1. The molecule has 0 aromatic heterocycles. The second-order valence-electron chi connectivity index (χ2n) is 4.13. The fraction of sp³-hybridized carbons (Fsp3) is 0.385. The van der Waals surface area contributed by atoms with Gasteiger partial charge in [-0.05, 0) is 31.0 Å².